The minimum absolute atomic E-state index is 0.00724. The molecule has 1 aliphatic carbocycles. The lowest BCUT2D eigenvalue weighted by Gasteiger charge is -2.17. The molecule has 1 fully saturated rings. The number of fused-ring (bicyclic) bond motifs is 1. The molecule has 1 saturated carbocycles. The molecule has 0 bridgehead atoms. The first-order valence-electron chi connectivity index (χ1n) is 6.89. The van der Waals surface area contributed by atoms with Crippen LogP contribution in [-0.4, -0.2) is 4.57 Å². The summed E-state index contributed by atoms with van der Waals surface area (Å²) in [5.41, 5.74) is 2.53. The lowest BCUT2D eigenvalue weighted by atomic mass is 9.96. The third-order valence-electron chi connectivity index (χ3n) is 4.15. The number of rotatable bonds is 4. The van der Waals surface area contributed by atoms with Gasteiger partial charge in [0.1, 0.15) is 0 Å². The molecule has 0 radical (unpaired) electrons. The summed E-state index contributed by atoms with van der Waals surface area (Å²) in [6, 6.07) is 5.87. The van der Waals surface area contributed by atoms with Gasteiger partial charge in [0, 0.05) is 6.54 Å². The van der Waals surface area contributed by atoms with Crippen LogP contribution >= 0.6 is 11.6 Å². The lowest BCUT2D eigenvalue weighted by Crippen LogP contribution is -2.12. The molecule has 1 aromatic carbocycles. The van der Waals surface area contributed by atoms with E-state index in [2.05, 4.69) is 6.92 Å². The fourth-order valence-electron chi connectivity index (χ4n) is 2.72. The monoisotopic (exact) mass is 279 g/mol. The summed E-state index contributed by atoms with van der Waals surface area (Å²) in [5, 5.41) is -0.00724. The van der Waals surface area contributed by atoms with Crippen LogP contribution in [0.5, 0.6) is 0 Å². The van der Waals surface area contributed by atoms with E-state index in [4.69, 9.17) is 16.0 Å². The third kappa shape index (κ3) is 2.20. The lowest BCUT2D eigenvalue weighted by molar-refractivity contribution is 0.490. The Morgan fingerprint density at radius 1 is 1.47 bits per heavy atom. The van der Waals surface area contributed by atoms with Crippen LogP contribution in [0.1, 0.15) is 37.6 Å². The van der Waals surface area contributed by atoms with E-state index in [9.17, 15) is 4.79 Å². The van der Waals surface area contributed by atoms with Crippen molar-refractivity contribution in [2.24, 2.45) is 11.8 Å². The molecule has 1 aromatic heterocycles. The van der Waals surface area contributed by atoms with Crippen molar-refractivity contribution in [1.29, 1.82) is 0 Å². The molecular weight excluding hydrogens is 262 g/mol. The van der Waals surface area contributed by atoms with E-state index in [1.54, 1.807) is 4.57 Å². The molecule has 3 rings (SSSR count). The number of halogens is 1. The van der Waals surface area contributed by atoms with E-state index in [0.29, 0.717) is 18.0 Å². The fraction of sp³-hybridized carbons (Fsp3) is 0.533. The van der Waals surface area contributed by atoms with Crippen LogP contribution in [-0.2, 0) is 6.54 Å². The zero-order chi connectivity index (χ0) is 13.6. The van der Waals surface area contributed by atoms with Crippen molar-refractivity contribution >= 4 is 22.7 Å². The maximum Gasteiger partial charge on any atom is 0.419 e. The highest BCUT2D eigenvalue weighted by Crippen LogP contribution is 2.45. The van der Waals surface area contributed by atoms with Crippen LogP contribution < -0.4 is 5.76 Å². The normalized spacial score (nSPS) is 18.7. The topological polar surface area (TPSA) is 35.1 Å². The van der Waals surface area contributed by atoms with Crippen molar-refractivity contribution < 1.29 is 4.42 Å². The predicted octanol–water partition coefficient (Wildman–Crippen LogP) is 3.94. The molecule has 4 heteroatoms. The number of nitrogens with zero attached hydrogens (tertiary/aromatic N) is 1. The zero-order valence-electron chi connectivity index (χ0n) is 11.2. The van der Waals surface area contributed by atoms with Gasteiger partial charge in [0.05, 0.1) is 10.9 Å². The maximum absolute atomic E-state index is 11.7. The predicted molar refractivity (Wildman–Crippen MR) is 76.6 cm³/mol. The molecule has 19 heavy (non-hydrogen) atoms. The number of alkyl halides is 1. The first-order valence-corrected chi connectivity index (χ1v) is 7.32. The van der Waals surface area contributed by atoms with Crippen molar-refractivity contribution in [2.75, 3.05) is 0 Å². The Bertz CT molecular complexity index is 654. The van der Waals surface area contributed by atoms with E-state index < -0.39 is 0 Å². The smallest absolute Gasteiger partial charge is 0.408 e. The van der Waals surface area contributed by atoms with Crippen LogP contribution in [0.25, 0.3) is 11.1 Å². The molecule has 2 atom stereocenters. The van der Waals surface area contributed by atoms with E-state index in [1.165, 1.54) is 12.8 Å². The molecule has 2 aromatic rings. The molecule has 0 spiro atoms. The van der Waals surface area contributed by atoms with E-state index >= 15 is 0 Å². The summed E-state index contributed by atoms with van der Waals surface area (Å²) in [7, 11) is 0. The van der Waals surface area contributed by atoms with Crippen molar-refractivity contribution in [2.45, 2.75) is 38.6 Å². The second kappa shape index (κ2) is 4.71. The van der Waals surface area contributed by atoms with Gasteiger partial charge in [-0.2, -0.15) is 0 Å². The molecule has 1 heterocycles. The Morgan fingerprint density at radius 2 is 2.21 bits per heavy atom. The first kappa shape index (κ1) is 12.8. The maximum atomic E-state index is 11.7. The van der Waals surface area contributed by atoms with Crippen LogP contribution in [0.15, 0.2) is 27.4 Å². The molecular formula is C15H18ClNO2. The SMILES string of the molecule is CCn1c(=O)oc2cc(C(Cl)C(C)C3CC3)ccc21. The van der Waals surface area contributed by atoms with Crippen LogP contribution in [0.2, 0.25) is 0 Å². The Labute approximate surface area is 117 Å². The zero-order valence-corrected chi connectivity index (χ0v) is 12.0. The average Bonchev–Trinajstić information content (AvgIpc) is 3.19. The number of hydrogen-bond acceptors (Lipinski definition) is 2. The standard InChI is InChI=1S/C15H18ClNO2/c1-3-17-12-7-6-11(8-13(12)19-15(17)18)14(16)9(2)10-4-5-10/h6-10,14H,3-5H2,1-2H3. The summed E-state index contributed by atoms with van der Waals surface area (Å²) in [4.78, 5) is 11.7. The van der Waals surface area contributed by atoms with E-state index in [0.717, 1.165) is 17.0 Å². The number of benzene rings is 1. The average molecular weight is 280 g/mol. The summed E-state index contributed by atoms with van der Waals surface area (Å²) in [5.74, 6) is 0.931. The van der Waals surface area contributed by atoms with Crippen molar-refractivity contribution in [3.63, 3.8) is 0 Å². The summed E-state index contributed by atoms with van der Waals surface area (Å²) in [6.07, 6.45) is 2.57. The van der Waals surface area contributed by atoms with Crippen LogP contribution in [0, 0.1) is 11.8 Å². The highest BCUT2D eigenvalue weighted by Gasteiger charge is 2.33. The quantitative estimate of drug-likeness (QED) is 0.795. The number of oxazole rings is 1. The number of hydrogen-bond donors (Lipinski definition) is 0. The Balaban J connectivity index is 1.99. The molecule has 2 unspecified atom stereocenters. The van der Waals surface area contributed by atoms with Gasteiger partial charge in [-0.05, 0) is 49.3 Å². The molecule has 1 aliphatic rings. The molecule has 102 valence electrons. The van der Waals surface area contributed by atoms with Crippen LogP contribution in [0.3, 0.4) is 0 Å². The Hall–Kier alpha value is -1.22. The Morgan fingerprint density at radius 3 is 2.84 bits per heavy atom. The minimum atomic E-state index is -0.295. The highest BCUT2D eigenvalue weighted by molar-refractivity contribution is 6.21. The van der Waals surface area contributed by atoms with Gasteiger partial charge in [-0.3, -0.25) is 4.57 Å². The summed E-state index contributed by atoms with van der Waals surface area (Å²) in [6.45, 7) is 4.75. The van der Waals surface area contributed by atoms with Crippen molar-refractivity contribution in [3.8, 4) is 0 Å². The van der Waals surface area contributed by atoms with Gasteiger partial charge in [0.15, 0.2) is 5.58 Å². The van der Waals surface area contributed by atoms with Crippen LogP contribution in [0.4, 0.5) is 0 Å². The van der Waals surface area contributed by atoms with Gasteiger partial charge in [-0.15, -0.1) is 11.6 Å². The van der Waals surface area contributed by atoms with Gasteiger partial charge in [0.25, 0.3) is 0 Å². The molecule has 0 saturated heterocycles. The van der Waals surface area contributed by atoms with Gasteiger partial charge in [0.2, 0.25) is 0 Å². The second-order valence-corrected chi connectivity index (χ2v) is 5.91. The van der Waals surface area contributed by atoms with Crippen molar-refractivity contribution in [3.05, 3.63) is 34.3 Å². The van der Waals surface area contributed by atoms with Gasteiger partial charge in [-0.1, -0.05) is 13.0 Å². The van der Waals surface area contributed by atoms with E-state index in [-0.39, 0.29) is 11.1 Å². The molecule has 3 nitrogen and oxygen atoms in total. The third-order valence-corrected chi connectivity index (χ3v) is 4.80. The number of aryl methyl sites for hydroxylation is 1. The molecule has 0 N–H and O–H groups in total. The number of aromatic nitrogens is 1. The van der Waals surface area contributed by atoms with E-state index in [1.807, 2.05) is 25.1 Å². The van der Waals surface area contributed by atoms with Gasteiger partial charge in [-0.25, -0.2) is 4.79 Å². The summed E-state index contributed by atoms with van der Waals surface area (Å²) >= 11 is 6.55. The fourth-order valence-corrected chi connectivity index (χ4v) is 3.06. The highest BCUT2D eigenvalue weighted by atomic mass is 35.5. The van der Waals surface area contributed by atoms with Gasteiger partial charge >= 0.3 is 5.76 Å². The first-order chi connectivity index (χ1) is 9.11. The molecule has 0 aliphatic heterocycles. The second-order valence-electron chi connectivity index (χ2n) is 5.44. The Kier molecular flexibility index (Phi) is 3.17. The molecule has 0 amide bonds. The summed E-state index contributed by atoms with van der Waals surface area (Å²) < 4.78 is 6.92. The van der Waals surface area contributed by atoms with Gasteiger partial charge < -0.3 is 4.42 Å². The minimum Gasteiger partial charge on any atom is -0.408 e. The van der Waals surface area contributed by atoms with Crippen molar-refractivity contribution in [1.82, 2.24) is 4.57 Å². The largest absolute Gasteiger partial charge is 0.419 e.